The highest BCUT2D eigenvalue weighted by Gasteiger charge is 2.28. The molecule has 0 unspecified atom stereocenters. The topological polar surface area (TPSA) is 57.5 Å². The maximum atomic E-state index is 12.3. The molecule has 0 radical (unpaired) electrons. The average molecular weight is 317 g/mol. The molecule has 0 amide bonds. The van der Waals surface area contributed by atoms with Crippen molar-refractivity contribution in [3.63, 3.8) is 0 Å². The van der Waals surface area contributed by atoms with Gasteiger partial charge in [0.1, 0.15) is 6.33 Å². The van der Waals surface area contributed by atoms with Crippen molar-refractivity contribution < 1.29 is 27.4 Å². The van der Waals surface area contributed by atoms with Crippen LogP contribution in [0, 0.1) is 0 Å². The molecule has 0 atom stereocenters. The summed E-state index contributed by atoms with van der Waals surface area (Å²) in [7, 11) is 4.36. The van der Waals surface area contributed by atoms with Gasteiger partial charge in [0.15, 0.2) is 17.3 Å². The van der Waals surface area contributed by atoms with Gasteiger partial charge in [0, 0.05) is 12.1 Å². The fraction of sp³-hybridized carbons (Fsp3) is 0.308. The third kappa shape index (κ3) is 3.35. The molecule has 0 aliphatic carbocycles. The first kappa shape index (κ1) is 15.8. The van der Waals surface area contributed by atoms with Crippen molar-refractivity contribution >= 4 is 5.82 Å². The number of aromatic nitrogens is 2. The van der Waals surface area contributed by atoms with Gasteiger partial charge >= 0.3 is 6.30 Å². The number of methoxy groups -OCH3 is 3. The minimum Gasteiger partial charge on any atom is -0.493 e. The minimum absolute atomic E-state index is 0.318. The Morgan fingerprint density at radius 1 is 1.05 bits per heavy atom. The molecule has 1 aromatic carbocycles. The van der Waals surface area contributed by atoms with Gasteiger partial charge < -0.3 is 18.8 Å². The molecule has 1 N–H and O–H groups in total. The highest BCUT2D eigenvalue weighted by atomic mass is 19.4. The molecular formula is C13H14F3N3O3. The average Bonchev–Trinajstić information content (AvgIpc) is 2.91. The van der Waals surface area contributed by atoms with E-state index in [0.717, 1.165) is 0 Å². The van der Waals surface area contributed by atoms with E-state index in [9.17, 15) is 13.2 Å². The van der Waals surface area contributed by atoms with Crippen LogP contribution < -0.4 is 19.5 Å². The number of ether oxygens (including phenoxy) is 3. The van der Waals surface area contributed by atoms with Gasteiger partial charge in [-0.3, -0.25) is 5.32 Å². The van der Waals surface area contributed by atoms with Crippen LogP contribution in [0.15, 0.2) is 24.7 Å². The van der Waals surface area contributed by atoms with Crippen molar-refractivity contribution in [2.24, 2.45) is 0 Å². The highest BCUT2D eigenvalue weighted by molar-refractivity contribution is 5.58. The van der Waals surface area contributed by atoms with Crippen molar-refractivity contribution in [2.75, 3.05) is 26.6 Å². The monoisotopic (exact) mass is 317 g/mol. The van der Waals surface area contributed by atoms with Crippen LogP contribution in [0.2, 0.25) is 0 Å². The maximum absolute atomic E-state index is 12.3. The number of imidazole rings is 1. The molecule has 0 fully saturated rings. The van der Waals surface area contributed by atoms with Crippen LogP contribution in [-0.2, 0) is 0 Å². The first-order chi connectivity index (χ1) is 10.4. The number of rotatable bonds is 5. The normalized spacial score (nSPS) is 11.2. The predicted molar refractivity (Wildman–Crippen MR) is 72.9 cm³/mol. The summed E-state index contributed by atoms with van der Waals surface area (Å²) in [5, 5.41) is 1.33. The zero-order chi connectivity index (χ0) is 16.3. The molecule has 9 heteroatoms. The molecule has 22 heavy (non-hydrogen) atoms. The molecule has 1 heterocycles. The molecule has 0 saturated heterocycles. The lowest BCUT2D eigenvalue weighted by atomic mass is 10.2. The lowest BCUT2D eigenvalue weighted by Crippen LogP contribution is -2.20. The maximum Gasteiger partial charge on any atom is 0.483 e. The molecule has 1 aromatic heterocycles. The van der Waals surface area contributed by atoms with E-state index in [1.54, 1.807) is 12.1 Å². The quantitative estimate of drug-likeness (QED) is 0.859. The zero-order valence-corrected chi connectivity index (χ0v) is 12.1. The Kier molecular flexibility index (Phi) is 4.34. The SMILES string of the molecule is COc1cc(-n2cnc(NC(F)(F)F)c2)cc(OC)c1OC. The number of hydrogen-bond donors (Lipinski definition) is 1. The van der Waals surface area contributed by atoms with Crippen molar-refractivity contribution in [1.29, 1.82) is 0 Å². The van der Waals surface area contributed by atoms with E-state index < -0.39 is 6.30 Å². The van der Waals surface area contributed by atoms with Crippen LogP contribution in [0.25, 0.3) is 5.69 Å². The standard InChI is InChI=1S/C13H14F3N3O3/c1-20-9-4-8(5-10(21-2)12(9)22-3)19-6-11(17-7-19)18-13(14,15)16/h4-7,18H,1-3H3. The number of alkyl halides is 3. The van der Waals surface area contributed by atoms with Crippen LogP contribution >= 0.6 is 0 Å². The second-order valence-electron chi connectivity index (χ2n) is 4.17. The Labute approximate surface area is 124 Å². The molecular weight excluding hydrogens is 303 g/mol. The van der Waals surface area contributed by atoms with E-state index in [1.807, 2.05) is 0 Å². The largest absolute Gasteiger partial charge is 0.493 e. The van der Waals surface area contributed by atoms with E-state index in [0.29, 0.717) is 22.9 Å². The van der Waals surface area contributed by atoms with E-state index in [1.165, 1.54) is 43.7 Å². The van der Waals surface area contributed by atoms with Gasteiger partial charge in [-0.25, -0.2) is 4.98 Å². The number of halogens is 3. The number of nitrogens with one attached hydrogen (secondary N) is 1. The van der Waals surface area contributed by atoms with Crippen LogP contribution in [0.4, 0.5) is 19.0 Å². The predicted octanol–water partition coefficient (Wildman–Crippen LogP) is 2.83. The Morgan fingerprint density at radius 3 is 2.09 bits per heavy atom. The van der Waals surface area contributed by atoms with E-state index in [2.05, 4.69) is 4.98 Å². The molecule has 120 valence electrons. The molecule has 0 saturated carbocycles. The van der Waals surface area contributed by atoms with E-state index >= 15 is 0 Å². The first-order valence-electron chi connectivity index (χ1n) is 6.07. The number of hydrogen-bond acceptors (Lipinski definition) is 5. The van der Waals surface area contributed by atoms with Crippen LogP contribution in [0.3, 0.4) is 0 Å². The summed E-state index contributed by atoms with van der Waals surface area (Å²) in [5.74, 6) is 0.843. The van der Waals surface area contributed by atoms with Gasteiger partial charge in [0.05, 0.1) is 33.2 Å². The molecule has 0 aliphatic rings. The summed E-state index contributed by atoms with van der Waals surface area (Å²) >= 11 is 0. The van der Waals surface area contributed by atoms with Gasteiger partial charge in [-0.15, -0.1) is 0 Å². The summed E-state index contributed by atoms with van der Waals surface area (Å²) in [6.07, 6.45) is -2.10. The summed E-state index contributed by atoms with van der Waals surface area (Å²) in [6.45, 7) is 0. The van der Waals surface area contributed by atoms with E-state index in [4.69, 9.17) is 14.2 Å². The molecule has 0 bridgehead atoms. The molecule has 0 aliphatic heterocycles. The second-order valence-corrected chi connectivity index (χ2v) is 4.17. The fourth-order valence-corrected chi connectivity index (χ4v) is 1.89. The van der Waals surface area contributed by atoms with Crippen molar-refractivity contribution in [3.8, 4) is 22.9 Å². The lowest BCUT2D eigenvalue weighted by Gasteiger charge is -2.14. The first-order valence-corrected chi connectivity index (χ1v) is 6.07. The van der Waals surface area contributed by atoms with Gasteiger partial charge in [-0.05, 0) is 0 Å². The molecule has 2 aromatic rings. The molecule has 6 nitrogen and oxygen atoms in total. The van der Waals surface area contributed by atoms with Crippen LogP contribution in [0.1, 0.15) is 0 Å². The van der Waals surface area contributed by atoms with Crippen LogP contribution in [-0.4, -0.2) is 37.2 Å². The summed E-state index contributed by atoms with van der Waals surface area (Å²) < 4.78 is 53.8. The van der Waals surface area contributed by atoms with Crippen molar-refractivity contribution in [1.82, 2.24) is 9.55 Å². The fourth-order valence-electron chi connectivity index (χ4n) is 1.89. The summed E-state index contributed by atoms with van der Waals surface area (Å²) in [5.41, 5.74) is 0.511. The highest BCUT2D eigenvalue weighted by Crippen LogP contribution is 2.39. The van der Waals surface area contributed by atoms with Gasteiger partial charge in [0.2, 0.25) is 5.75 Å². The number of benzene rings is 1. The molecule has 2 rings (SSSR count). The third-order valence-electron chi connectivity index (χ3n) is 2.80. The summed E-state index contributed by atoms with van der Waals surface area (Å²) in [6, 6.07) is 3.20. The van der Waals surface area contributed by atoms with Gasteiger partial charge in [-0.1, -0.05) is 0 Å². The lowest BCUT2D eigenvalue weighted by molar-refractivity contribution is -0.100. The third-order valence-corrected chi connectivity index (χ3v) is 2.80. The molecule has 0 spiro atoms. The Hall–Kier alpha value is -2.58. The minimum atomic E-state index is -4.55. The van der Waals surface area contributed by atoms with Crippen molar-refractivity contribution in [2.45, 2.75) is 6.30 Å². The van der Waals surface area contributed by atoms with Gasteiger partial charge in [0.25, 0.3) is 0 Å². The smallest absolute Gasteiger partial charge is 0.483 e. The van der Waals surface area contributed by atoms with E-state index in [-0.39, 0.29) is 5.82 Å². The number of nitrogens with zero attached hydrogens (tertiary/aromatic N) is 2. The zero-order valence-electron chi connectivity index (χ0n) is 12.1. The summed E-state index contributed by atoms with van der Waals surface area (Å²) in [4.78, 5) is 3.65. The van der Waals surface area contributed by atoms with Crippen LogP contribution in [0.5, 0.6) is 17.2 Å². The Morgan fingerprint density at radius 2 is 1.64 bits per heavy atom. The van der Waals surface area contributed by atoms with Crippen molar-refractivity contribution in [3.05, 3.63) is 24.7 Å². The Balaban J connectivity index is 2.40. The Bertz CT molecular complexity index is 630. The van der Waals surface area contributed by atoms with Gasteiger partial charge in [-0.2, -0.15) is 13.2 Å². The number of anilines is 1. The second kappa shape index (κ2) is 6.04.